The first-order valence-corrected chi connectivity index (χ1v) is 5.79. The zero-order valence-corrected chi connectivity index (χ0v) is 10.7. The van der Waals surface area contributed by atoms with Crippen molar-refractivity contribution in [1.29, 1.82) is 0 Å². The summed E-state index contributed by atoms with van der Waals surface area (Å²) in [5.41, 5.74) is 6.83. The first kappa shape index (κ1) is 12.7. The Hall–Kier alpha value is -1.78. The number of aromatic nitrogens is 1. The van der Waals surface area contributed by atoms with Gasteiger partial charge in [-0.1, -0.05) is 23.2 Å². The number of rotatable bonds is 2. The zero-order valence-electron chi connectivity index (χ0n) is 9.15. The SMILES string of the molecule is Nc1ccc(C(=O)Nc2cnccc2Cl)cc1Cl. The monoisotopic (exact) mass is 281 g/mol. The summed E-state index contributed by atoms with van der Waals surface area (Å²) in [5, 5.41) is 3.39. The van der Waals surface area contributed by atoms with Crippen molar-refractivity contribution in [2.24, 2.45) is 0 Å². The standard InChI is InChI=1S/C12H9Cl2N3O/c13-8-3-4-16-6-11(8)17-12(18)7-1-2-10(15)9(14)5-7/h1-6H,15H2,(H,17,18). The number of carbonyl (C=O) groups is 1. The number of anilines is 2. The third-order valence-corrected chi connectivity index (χ3v) is 2.94. The summed E-state index contributed by atoms with van der Waals surface area (Å²) in [4.78, 5) is 15.8. The smallest absolute Gasteiger partial charge is 0.255 e. The van der Waals surface area contributed by atoms with Crippen molar-refractivity contribution in [2.45, 2.75) is 0 Å². The normalized spacial score (nSPS) is 10.1. The number of carbonyl (C=O) groups excluding carboxylic acids is 1. The quantitative estimate of drug-likeness (QED) is 0.831. The van der Waals surface area contributed by atoms with Crippen LogP contribution >= 0.6 is 23.2 Å². The first-order valence-electron chi connectivity index (χ1n) is 5.04. The maximum atomic E-state index is 11.9. The molecule has 0 bridgehead atoms. The molecule has 0 aliphatic rings. The highest BCUT2D eigenvalue weighted by Crippen LogP contribution is 2.22. The van der Waals surface area contributed by atoms with E-state index < -0.39 is 0 Å². The van der Waals surface area contributed by atoms with Gasteiger partial charge in [0.05, 0.1) is 27.6 Å². The maximum Gasteiger partial charge on any atom is 0.255 e. The summed E-state index contributed by atoms with van der Waals surface area (Å²) in [6, 6.07) is 6.24. The number of nitrogens with zero attached hydrogens (tertiary/aromatic N) is 1. The molecule has 0 saturated heterocycles. The lowest BCUT2D eigenvalue weighted by atomic mass is 10.2. The van der Waals surface area contributed by atoms with Crippen LogP contribution in [0.1, 0.15) is 10.4 Å². The Morgan fingerprint density at radius 3 is 2.67 bits per heavy atom. The summed E-state index contributed by atoms with van der Waals surface area (Å²) >= 11 is 11.8. The van der Waals surface area contributed by atoms with Gasteiger partial charge in [0, 0.05) is 11.8 Å². The summed E-state index contributed by atoms with van der Waals surface area (Å²) in [7, 11) is 0. The van der Waals surface area contributed by atoms with Crippen LogP contribution in [0.2, 0.25) is 10.0 Å². The van der Waals surface area contributed by atoms with Gasteiger partial charge in [0.2, 0.25) is 0 Å². The predicted molar refractivity (Wildman–Crippen MR) is 73.1 cm³/mol. The van der Waals surface area contributed by atoms with Crippen LogP contribution in [-0.2, 0) is 0 Å². The average molecular weight is 282 g/mol. The van der Waals surface area contributed by atoms with Crippen LogP contribution in [0.5, 0.6) is 0 Å². The third kappa shape index (κ3) is 2.72. The Balaban J connectivity index is 2.22. The van der Waals surface area contributed by atoms with E-state index in [9.17, 15) is 4.79 Å². The molecule has 3 N–H and O–H groups in total. The lowest BCUT2D eigenvalue weighted by Crippen LogP contribution is -2.12. The fourth-order valence-corrected chi connectivity index (χ4v) is 1.67. The molecule has 1 aromatic heterocycles. The van der Waals surface area contributed by atoms with E-state index in [1.54, 1.807) is 18.2 Å². The van der Waals surface area contributed by atoms with Crippen molar-refractivity contribution in [3.63, 3.8) is 0 Å². The Morgan fingerprint density at radius 1 is 1.22 bits per heavy atom. The number of amides is 1. The number of halogens is 2. The molecule has 0 atom stereocenters. The molecule has 6 heteroatoms. The molecule has 2 aromatic rings. The van der Waals surface area contributed by atoms with E-state index in [0.717, 1.165) is 0 Å². The molecule has 0 spiro atoms. The summed E-state index contributed by atoms with van der Waals surface area (Å²) in [5.74, 6) is -0.327. The Labute approximate surface area is 114 Å². The van der Waals surface area contributed by atoms with Crippen molar-refractivity contribution in [3.8, 4) is 0 Å². The molecule has 0 aliphatic heterocycles. The highest BCUT2D eigenvalue weighted by molar-refractivity contribution is 6.34. The molecule has 4 nitrogen and oxygen atoms in total. The summed E-state index contributed by atoms with van der Waals surface area (Å²) < 4.78 is 0. The van der Waals surface area contributed by atoms with Crippen molar-refractivity contribution in [2.75, 3.05) is 11.1 Å². The Morgan fingerprint density at radius 2 is 2.00 bits per heavy atom. The lowest BCUT2D eigenvalue weighted by molar-refractivity contribution is 0.102. The second kappa shape index (κ2) is 5.25. The van der Waals surface area contributed by atoms with Gasteiger partial charge in [-0.15, -0.1) is 0 Å². The van der Waals surface area contributed by atoms with Gasteiger partial charge in [-0.2, -0.15) is 0 Å². The van der Waals surface area contributed by atoms with E-state index in [4.69, 9.17) is 28.9 Å². The molecule has 18 heavy (non-hydrogen) atoms. The molecule has 0 fully saturated rings. The minimum Gasteiger partial charge on any atom is -0.398 e. The van der Waals surface area contributed by atoms with Gasteiger partial charge in [0.1, 0.15) is 0 Å². The first-order chi connectivity index (χ1) is 8.58. The largest absolute Gasteiger partial charge is 0.398 e. The van der Waals surface area contributed by atoms with Gasteiger partial charge in [0.25, 0.3) is 5.91 Å². The van der Waals surface area contributed by atoms with Crippen LogP contribution in [0.3, 0.4) is 0 Å². The Kier molecular flexibility index (Phi) is 3.69. The molecule has 92 valence electrons. The molecule has 0 saturated carbocycles. The van der Waals surface area contributed by atoms with Crippen molar-refractivity contribution < 1.29 is 4.79 Å². The van der Waals surface area contributed by atoms with Gasteiger partial charge >= 0.3 is 0 Å². The highest BCUT2D eigenvalue weighted by Gasteiger charge is 2.09. The molecule has 0 unspecified atom stereocenters. The van der Waals surface area contributed by atoms with E-state index in [2.05, 4.69) is 10.3 Å². The molecule has 0 radical (unpaired) electrons. The van der Waals surface area contributed by atoms with Crippen molar-refractivity contribution in [1.82, 2.24) is 4.98 Å². The van der Waals surface area contributed by atoms with Crippen molar-refractivity contribution in [3.05, 3.63) is 52.3 Å². The molecule has 1 aromatic carbocycles. The van der Waals surface area contributed by atoms with E-state index in [-0.39, 0.29) is 5.91 Å². The number of nitrogens with one attached hydrogen (secondary N) is 1. The third-order valence-electron chi connectivity index (χ3n) is 2.28. The number of benzene rings is 1. The number of hydrogen-bond donors (Lipinski definition) is 2. The van der Waals surface area contributed by atoms with E-state index in [0.29, 0.717) is 27.0 Å². The molecular formula is C12H9Cl2N3O. The van der Waals surface area contributed by atoms with Crippen LogP contribution in [0.25, 0.3) is 0 Å². The number of hydrogen-bond acceptors (Lipinski definition) is 3. The number of nitrogen functional groups attached to an aromatic ring is 1. The topological polar surface area (TPSA) is 68.0 Å². The molecule has 1 amide bonds. The predicted octanol–water partition coefficient (Wildman–Crippen LogP) is 3.22. The number of pyridine rings is 1. The number of nitrogens with two attached hydrogens (primary N) is 1. The molecule has 1 heterocycles. The second-order valence-electron chi connectivity index (χ2n) is 3.55. The van der Waals surface area contributed by atoms with Gasteiger partial charge in [-0.05, 0) is 24.3 Å². The van der Waals surface area contributed by atoms with Crippen molar-refractivity contribution >= 4 is 40.5 Å². The highest BCUT2D eigenvalue weighted by atomic mass is 35.5. The van der Waals surface area contributed by atoms with Crippen LogP contribution < -0.4 is 11.1 Å². The molecule has 0 aliphatic carbocycles. The van der Waals surface area contributed by atoms with E-state index in [1.165, 1.54) is 18.5 Å². The van der Waals surface area contributed by atoms with Crippen LogP contribution in [0.15, 0.2) is 36.7 Å². The van der Waals surface area contributed by atoms with Crippen LogP contribution in [-0.4, -0.2) is 10.9 Å². The van der Waals surface area contributed by atoms with Gasteiger partial charge in [0.15, 0.2) is 0 Å². The van der Waals surface area contributed by atoms with Gasteiger partial charge < -0.3 is 11.1 Å². The van der Waals surface area contributed by atoms with Gasteiger partial charge in [-0.3, -0.25) is 9.78 Å². The molecule has 2 rings (SSSR count). The Bertz CT molecular complexity index is 602. The summed E-state index contributed by atoms with van der Waals surface area (Å²) in [6.07, 6.45) is 3.01. The van der Waals surface area contributed by atoms with Crippen LogP contribution in [0, 0.1) is 0 Å². The van der Waals surface area contributed by atoms with E-state index in [1.807, 2.05) is 0 Å². The van der Waals surface area contributed by atoms with E-state index >= 15 is 0 Å². The fourth-order valence-electron chi connectivity index (χ4n) is 1.33. The summed E-state index contributed by atoms with van der Waals surface area (Å²) in [6.45, 7) is 0. The fraction of sp³-hybridized carbons (Fsp3) is 0. The minimum atomic E-state index is -0.327. The maximum absolute atomic E-state index is 11.9. The average Bonchev–Trinajstić information content (AvgIpc) is 2.35. The lowest BCUT2D eigenvalue weighted by Gasteiger charge is -2.07. The zero-order chi connectivity index (χ0) is 13.1. The van der Waals surface area contributed by atoms with Crippen LogP contribution in [0.4, 0.5) is 11.4 Å². The minimum absolute atomic E-state index is 0.327. The second-order valence-corrected chi connectivity index (χ2v) is 4.36. The molecular weight excluding hydrogens is 273 g/mol. The van der Waals surface area contributed by atoms with Gasteiger partial charge in [-0.25, -0.2) is 0 Å².